The molecule has 4 aromatic rings. The van der Waals surface area contributed by atoms with Crippen molar-refractivity contribution in [2.75, 3.05) is 0 Å². The lowest BCUT2D eigenvalue weighted by Gasteiger charge is -2.18. The van der Waals surface area contributed by atoms with Crippen LogP contribution in [0.5, 0.6) is 5.75 Å². The molecule has 0 aliphatic rings. The Bertz CT molecular complexity index is 1420. The van der Waals surface area contributed by atoms with E-state index in [4.69, 9.17) is 0 Å². The second kappa shape index (κ2) is 8.99. The lowest BCUT2D eigenvalue weighted by atomic mass is 9.95. The molecule has 33 heavy (non-hydrogen) atoms. The quantitative estimate of drug-likeness (QED) is 0.362. The first-order valence-corrected chi connectivity index (χ1v) is 10.4. The van der Waals surface area contributed by atoms with Gasteiger partial charge in [0.1, 0.15) is 0 Å². The average Bonchev–Trinajstić information content (AvgIpc) is 3.25. The number of aromatic nitrogens is 4. The maximum absolute atomic E-state index is 12.6. The molecule has 1 unspecified atom stereocenters. The number of nitrogens with zero attached hydrogens (tertiary/aromatic N) is 2. The van der Waals surface area contributed by atoms with Crippen molar-refractivity contribution < 1.29 is 9.90 Å². The predicted octanol–water partition coefficient (Wildman–Crippen LogP) is 2.48. The van der Waals surface area contributed by atoms with Gasteiger partial charge in [-0.15, -0.1) is 0 Å². The van der Waals surface area contributed by atoms with Crippen LogP contribution in [0.25, 0.3) is 11.1 Å². The second-order valence-electron chi connectivity index (χ2n) is 7.76. The van der Waals surface area contributed by atoms with E-state index in [1.807, 2.05) is 71.3 Å². The third kappa shape index (κ3) is 4.62. The topological polar surface area (TPSA) is 133 Å². The van der Waals surface area contributed by atoms with Gasteiger partial charge >= 0.3 is 5.69 Å². The summed E-state index contributed by atoms with van der Waals surface area (Å²) in [5.74, 6) is -1.60. The minimum absolute atomic E-state index is 0.459. The Balaban J connectivity index is 1.57. The van der Waals surface area contributed by atoms with Crippen LogP contribution in [0.3, 0.4) is 0 Å². The number of hydrogen-bond acceptors (Lipinski definition) is 5. The maximum atomic E-state index is 12.6. The largest absolute Gasteiger partial charge is 0.501 e. The zero-order chi connectivity index (χ0) is 23.5. The van der Waals surface area contributed by atoms with Crippen molar-refractivity contribution >= 4 is 5.91 Å². The standard InChI is InChI=1S/C24H23N5O4/c1-14-18(15(2)26-22(31)20-21(30)23(32)28-24(33)27-20)9-6-10-19(14)17-11-25-29(13-17)12-16-7-4-3-5-8-16/h3-11,13,15,30H,12H2,1-2H3,(H,26,31)(H2,27,28,32,33). The van der Waals surface area contributed by atoms with Gasteiger partial charge in [0.25, 0.3) is 11.5 Å². The molecular weight excluding hydrogens is 422 g/mol. The van der Waals surface area contributed by atoms with Gasteiger partial charge in [0, 0.05) is 11.8 Å². The van der Waals surface area contributed by atoms with Crippen LogP contribution in [-0.4, -0.2) is 30.8 Å². The molecule has 4 N–H and O–H groups in total. The summed E-state index contributed by atoms with van der Waals surface area (Å²) in [6, 6.07) is 15.3. The number of amides is 1. The molecule has 1 atom stereocenters. The molecule has 0 spiro atoms. The van der Waals surface area contributed by atoms with Crippen LogP contribution in [0.2, 0.25) is 0 Å². The molecule has 0 fully saturated rings. The smallest absolute Gasteiger partial charge is 0.326 e. The number of H-pyrrole nitrogens is 2. The van der Waals surface area contributed by atoms with E-state index < -0.39 is 34.6 Å². The van der Waals surface area contributed by atoms with E-state index >= 15 is 0 Å². The Morgan fingerprint density at radius 2 is 1.88 bits per heavy atom. The molecule has 4 rings (SSSR count). The van der Waals surface area contributed by atoms with Crippen molar-refractivity contribution in [1.29, 1.82) is 0 Å². The molecule has 0 aliphatic carbocycles. The van der Waals surface area contributed by atoms with Gasteiger partial charge in [-0.05, 0) is 36.1 Å². The lowest BCUT2D eigenvalue weighted by molar-refractivity contribution is 0.0931. The zero-order valence-corrected chi connectivity index (χ0v) is 18.1. The molecule has 1 amide bonds. The fourth-order valence-electron chi connectivity index (χ4n) is 3.79. The van der Waals surface area contributed by atoms with Gasteiger partial charge in [-0.3, -0.25) is 24.2 Å². The fourth-order valence-corrected chi connectivity index (χ4v) is 3.79. The van der Waals surface area contributed by atoms with Crippen LogP contribution in [0.15, 0.2) is 70.5 Å². The number of aromatic hydroxyl groups is 1. The van der Waals surface area contributed by atoms with E-state index in [0.29, 0.717) is 6.54 Å². The molecule has 0 radical (unpaired) electrons. The number of rotatable bonds is 6. The molecule has 0 aliphatic heterocycles. The molecule has 2 aromatic heterocycles. The highest BCUT2D eigenvalue weighted by molar-refractivity contribution is 5.94. The molecule has 9 nitrogen and oxygen atoms in total. The zero-order valence-electron chi connectivity index (χ0n) is 18.1. The Morgan fingerprint density at radius 1 is 1.12 bits per heavy atom. The van der Waals surface area contributed by atoms with Gasteiger partial charge in [-0.25, -0.2) is 4.79 Å². The van der Waals surface area contributed by atoms with Crippen molar-refractivity contribution in [3.63, 3.8) is 0 Å². The maximum Gasteiger partial charge on any atom is 0.326 e. The molecular formula is C24H23N5O4. The first-order valence-electron chi connectivity index (χ1n) is 10.4. The Kier molecular flexibility index (Phi) is 5.95. The second-order valence-corrected chi connectivity index (χ2v) is 7.76. The normalized spacial score (nSPS) is 11.8. The number of carbonyl (C=O) groups is 1. The van der Waals surface area contributed by atoms with Crippen LogP contribution >= 0.6 is 0 Å². The van der Waals surface area contributed by atoms with Gasteiger partial charge in [0.05, 0.1) is 18.8 Å². The van der Waals surface area contributed by atoms with Crippen molar-refractivity contribution in [3.8, 4) is 16.9 Å². The van der Waals surface area contributed by atoms with E-state index in [9.17, 15) is 19.5 Å². The van der Waals surface area contributed by atoms with E-state index in [2.05, 4.69) is 15.4 Å². The SMILES string of the molecule is Cc1c(-c2cnn(Cc3ccccc3)c2)cccc1C(C)NC(=O)c1[nH]c(=O)[nH]c(=O)c1O. The summed E-state index contributed by atoms with van der Waals surface area (Å²) >= 11 is 0. The summed E-state index contributed by atoms with van der Waals surface area (Å²) in [5, 5.41) is 17.0. The van der Waals surface area contributed by atoms with Crippen LogP contribution in [-0.2, 0) is 6.54 Å². The Labute approximate surface area is 188 Å². The first kappa shape index (κ1) is 21.8. The van der Waals surface area contributed by atoms with Gasteiger partial charge in [0.2, 0.25) is 5.75 Å². The predicted molar refractivity (Wildman–Crippen MR) is 123 cm³/mol. The van der Waals surface area contributed by atoms with E-state index in [-0.39, 0.29) is 0 Å². The minimum atomic E-state index is -1.03. The summed E-state index contributed by atoms with van der Waals surface area (Å²) in [4.78, 5) is 39.7. The third-order valence-electron chi connectivity index (χ3n) is 5.47. The molecule has 0 saturated carbocycles. The molecule has 0 saturated heterocycles. The van der Waals surface area contributed by atoms with Crippen molar-refractivity contribution in [1.82, 2.24) is 25.1 Å². The summed E-state index contributed by atoms with van der Waals surface area (Å²) in [6.45, 7) is 4.39. The highest BCUT2D eigenvalue weighted by Gasteiger charge is 2.20. The molecule has 2 aromatic carbocycles. The Hall–Kier alpha value is -4.40. The van der Waals surface area contributed by atoms with Crippen LogP contribution < -0.4 is 16.6 Å². The minimum Gasteiger partial charge on any atom is -0.501 e. The fraction of sp³-hybridized carbons (Fsp3) is 0.167. The highest BCUT2D eigenvalue weighted by Crippen LogP contribution is 2.29. The number of carbonyl (C=O) groups excluding carboxylic acids is 1. The molecule has 0 bridgehead atoms. The summed E-state index contributed by atoms with van der Waals surface area (Å²) < 4.78 is 1.87. The summed E-state index contributed by atoms with van der Waals surface area (Å²) in [7, 11) is 0. The number of hydrogen-bond donors (Lipinski definition) is 4. The van der Waals surface area contributed by atoms with E-state index in [0.717, 1.165) is 27.8 Å². The average molecular weight is 445 g/mol. The lowest BCUT2D eigenvalue weighted by Crippen LogP contribution is -2.33. The summed E-state index contributed by atoms with van der Waals surface area (Å²) in [6.07, 6.45) is 3.78. The summed E-state index contributed by atoms with van der Waals surface area (Å²) in [5.41, 5.74) is 2.49. The monoisotopic (exact) mass is 445 g/mol. The molecule has 9 heteroatoms. The van der Waals surface area contributed by atoms with Crippen LogP contribution in [0.1, 0.15) is 40.1 Å². The van der Waals surface area contributed by atoms with Crippen LogP contribution in [0, 0.1) is 6.92 Å². The highest BCUT2D eigenvalue weighted by atomic mass is 16.3. The van der Waals surface area contributed by atoms with Gasteiger partial charge in [-0.2, -0.15) is 5.10 Å². The Morgan fingerprint density at radius 3 is 2.64 bits per heavy atom. The molecule has 2 heterocycles. The van der Waals surface area contributed by atoms with Crippen LogP contribution in [0.4, 0.5) is 0 Å². The van der Waals surface area contributed by atoms with E-state index in [1.54, 1.807) is 13.1 Å². The van der Waals surface area contributed by atoms with Crippen molar-refractivity contribution in [3.05, 3.63) is 104 Å². The van der Waals surface area contributed by atoms with Gasteiger partial charge < -0.3 is 10.4 Å². The van der Waals surface area contributed by atoms with Gasteiger partial charge in [-0.1, -0.05) is 48.5 Å². The number of benzene rings is 2. The number of nitrogens with one attached hydrogen (secondary N) is 3. The van der Waals surface area contributed by atoms with Crippen molar-refractivity contribution in [2.24, 2.45) is 0 Å². The van der Waals surface area contributed by atoms with E-state index in [1.165, 1.54) is 0 Å². The van der Waals surface area contributed by atoms with Crippen molar-refractivity contribution in [2.45, 2.75) is 26.4 Å². The number of aromatic amines is 2. The molecule has 168 valence electrons. The van der Waals surface area contributed by atoms with Gasteiger partial charge in [0.15, 0.2) is 5.69 Å². The third-order valence-corrected chi connectivity index (χ3v) is 5.47. The first-order chi connectivity index (χ1) is 15.8.